The van der Waals surface area contributed by atoms with Crippen LogP contribution in [-0.2, 0) is 14.4 Å². The van der Waals surface area contributed by atoms with Gasteiger partial charge in [0.25, 0.3) is 0 Å². The number of hydrogen-bond acceptors (Lipinski definition) is 8. The molecule has 0 aliphatic carbocycles. The fourth-order valence-electron chi connectivity index (χ4n) is 2.76. The van der Waals surface area contributed by atoms with E-state index in [9.17, 15) is 23.9 Å². The highest BCUT2D eigenvalue weighted by atomic mass is 32.1. The van der Waals surface area contributed by atoms with Crippen LogP contribution < -0.4 is 10.2 Å². The van der Waals surface area contributed by atoms with Gasteiger partial charge in [-0.15, -0.1) is 16.8 Å². The summed E-state index contributed by atoms with van der Waals surface area (Å²) in [7, 11) is 1.30. The lowest BCUT2D eigenvalue weighted by atomic mass is 9.90. The van der Waals surface area contributed by atoms with Crippen LogP contribution in [0.15, 0.2) is 12.1 Å². The molecule has 0 saturated heterocycles. The number of hydroxylamine groups is 1. The molecule has 0 bridgehead atoms. The second kappa shape index (κ2) is 9.51. The first-order chi connectivity index (χ1) is 14.3. The van der Waals surface area contributed by atoms with Crippen LogP contribution in [0.1, 0.15) is 50.7 Å². The van der Waals surface area contributed by atoms with Gasteiger partial charge in [-0.05, 0) is 32.8 Å². The summed E-state index contributed by atoms with van der Waals surface area (Å²) in [4.78, 5) is 41.9. The summed E-state index contributed by atoms with van der Waals surface area (Å²) in [6.07, 6.45) is -1.13. The molecule has 0 saturated carbocycles. The number of thiophene rings is 1. The predicted octanol–water partition coefficient (Wildman–Crippen LogP) is 4.58. The largest absolute Gasteiger partial charge is 0.502 e. The van der Waals surface area contributed by atoms with Crippen molar-refractivity contribution in [2.75, 3.05) is 7.11 Å². The van der Waals surface area contributed by atoms with Gasteiger partial charge in [-0.25, -0.2) is 14.0 Å². The van der Waals surface area contributed by atoms with Crippen LogP contribution in [0.3, 0.4) is 0 Å². The quantitative estimate of drug-likeness (QED) is 0.484. The molecule has 1 heterocycles. The number of benzene rings is 1. The summed E-state index contributed by atoms with van der Waals surface area (Å²) in [6, 6.07) is 2.77. The number of hydrogen-bond donors (Lipinski definition) is 2. The summed E-state index contributed by atoms with van der Waals surface area (Å²) < 4.78 is 24.7. The highest BCUT2D eigenvalue weighted by molar-refractivity contribution is 7.20. The molecule has 8 nitrogen and oxygen atoms in total. The molecule has 0 radical (unpaired) electrons. The van der Waals surface area contributed by atoms with Crippen molar-refractivity contribution in [1.29, 1.82) is 0 Å². The number of fused-ring (bicyclic) bond motifs is 1. The third kappa shape index (κ3) is 6.06. The van der Waals surface area contributed by atoms with Crippen molar-refractivity contribution in [3.05, 3.63) is 22.8 Å². The molecule has 0 fully saturated rings. The highest BCUT2D eigenvalue weighted by Gasteiger charge is 2.30. The van der Waals surface area contributed by atoms with Gasteiger partial charge in [0.1, 0.15) is 5.60 Å². The standard InChI is InChI=1S/C21H26FNO7S/c1-10(2)11(19(26)30-23-20(27)29-21(3,4)5)7-13(24)16-8-12-15(31-16)9-14(28-6)18(25)17(12)22/h8-11,25H,7H2,1-6H3,(H,23,27)/t11-/m0/s1. The molecular weight excluding hydrogens is 429 g/mol. The Morgan fingerprint density at radius 2 is 1.87 bits per heavy atom. The van der Waals surface area contributed by atoms with E-state index in [2.05, 4.69) is 0 Å². The molecule has 10 heteroatoms. The number of carbonyl (C=O) groups excluding carboxylic acids is 3. The first-order valence-electron chi connectivity index (χ1n) is 9.56. The van der Waals surface area contributed by atoms with Gasteiger partial charge in [-0.1, -0.05) is 13.8 Å². The average molecular weight is 456 g/mol. The minimum absolute atomic E-state index is 0.0392. The second-order valence-electron chi connectivity index (χ2n) is 8.27. The SMILES string of the molecule is COc1cc2sc(C(=O)C[C@H](C(=O)ONC(=O)OC(C)(C)C)C(C)C)cc2c(F)c1O. The third-order valence-corrected chi connectivity index (χ3v) is 5.47. The van der Waals surface area contributed by atoms with Crippen molar-refractivity contribution >= 4 is 39.3 Å². The maximum atomic E-state index is 14.4. The molecule has 31 heavy (non-hydrogen) atoms. The van der Waals surface area contributed by atoms with Gasteiger partial charge in [0.05, 0.1) is 17.9 Å². The second-order valence-corrected chi connectivity index (χ2v) is 9.35. The average Bonchev–Trinajstić information content (AvgIpc) is 3.09. The van der Waals surface area contributed by atoms with Gasteiger partial charge < -0.3 is 19.4 Å². The Bertz CT molecular complexity index is 994. The minimum Gasteiger partial charge on any atom is -0.502 e. The Morgan fingerprint density at radius 3 is 2.42 bits per heavy atom. The number of nitrogens with one attached hydrogen (secondary N) is 1. The van der Waals surface area contributed by atoms with E-state index < -0.39 is 40.9 Å². The maximum absolute atomic E-state index is 14.4. The molecule has 0 aliphatic heterocycles. The van der Waals surface area contributed by atoms with E-state index in [1.165, 1.54) is 19.2 Å². The number of Topliss-reactive ketones (excluding diaryl/α,β-unsaturated/α-hetero) is 1. The van der Waals surface area contributed by atoms with Crippen molar-refractivity contribution in [2.24, 2.45) is 11.8 Å². The molecule has 1 amide bonds. The number of phenolic OH excluding ortho intramolecular Hbond substituents is 1. The van der Waals surface area contributed by atoms with Crippen molar-refractivity contribution in [2.45, 2.75) is 46.6 Å². The van der Waals surface area contributed by atoms with E-state index >= 15 is 0 Å². The number of phenols is 1. The van der Waals surface area contributed by atoms with E-state index in [1.807, 2.05) is 5.48 Å². The van der Waals surface area contributed by atoms with Gasteiger partial charge in [0.2, 0.25) is 0 Å². The lowest BCUT2D eigenvalue weighted by molar-refractivity contribution is -0.157. The molecule has 0 spiro atoms. The molecule has 2 N–H and O–H groups in total. The van der Waals surface area contributed by atoms with Crippen LogP contribution in [0, 0.1) is 17.7 Å². The Labute approximate surface area is 183 Å². The van der Waals surface area contributed by atoms with E-state index in [4.69, 9.17) is 14.3 Å². The predicted molar refractivity (Wildman–Crippen MR) is 113 cm³/mol. The van der Waals surface area contributed by atoms with Crippen molar-refractivity contribution in [3.63, 3.8) is 0 Å². The van der Waals surface area contributed by atoms with Crippen LogP contribution in [0.5, 0.6) is 11.5 Å². The van der Waals surface area contributed by atoms with Crippen molar-refractivity contribution in [3.8, 4) is 11.5 Å². The zero-order valence-electron chi connectivity index (χ0n) is 18.2. The summed E-state index contributed by atoms with van der Waals surface area (Å²) in [5.74, 6) is -3.86. The van der Waals surface area contributed by atoms with Crippen LogP contribution in [0.25, 0.3) is 10.1 Å². The molecule has 0 aliphatic rings. The normalized spacial score (nSPS) is 12.5. The Hall–Kier alpha value is -2.88. The van der Waals surface area contributed by atoms with Crippen LogP contribution in [-0.4, -0.2) is 35.7 Å². The Balaban J connectivity index is 2.14. The van der Waals surface area contributed by atoms with E-state index in [0.717, 1.165) is 11.3 Å². The maximum Gasteiger partial charge on any atom is 0.441 e. The van der Waals surface area contributed by atoms with Crippen LogP contribution in [0.4, 0.5) is 9.18 Å². The molecular formula is C21H26FNO7S. The Kier molecular flexibility index (Phi) is 7.48. The minimum atomic E-state index is -0.927. The van der Waals surface area contributed by atoms with Crippen molar-refractivity contribution < 1.29 is 38.2 Å². The highest BCUT2D eigenvalue weighted by Crippen LogP contribution is 2.39. The van der Waals surface area contributed by atoms with Crippen molar-refractivity contribution in [1.82, 2.24) is 5.48 Å². The van der Waals surface area contributed by atoms with Crippen LogP contribution in [0.2, 0.25) is 0 Å². The van der Waals surface area contributed by atoms with E-state index in [-0.39, 0.29) is 28.4 Å². The molecule has 1 aromatic carbocycles. The number of carbonyl (C=O) groups is 3. The molecule has 170 valence electrons. The van der Waals surface area contributed by atoms with Gasteiger partial charge in [-0.2, -0.15) is 0 Å². The number of methoxy groups -OCH3 is 1. The number of halogens is 1. The van der Waals surface area contributed by atoms with E-state index in [1.54, 1.807) is 34.6 Å². The monoisotopic (exact) mass is 455 g/mol. The van der Waals surface area contributed by atoms with E-state index in [0.29, 0.717) is 4.70 Å². The lowest BCUT2D eigenvalue weighted by Crippen LogP contribution is -2.37. The summed E-state index contributed by atoms with van der Waals surface area (Å²) >= 11 is 1.03. The Morgan fingerprint density at radius 1 is 1.23 bits per heavy atom. The molecule has 1 aromatic heterocycles. The fraction of sp³-hybridized carbons (Fsp3) is 0.476. The number of aromatic hydroxyl groups is 1. The number of ketones is 1. The topological polar surface area (TPSA) is 111 Å². The molecule has 2 rings (SSSR count). The van der Waals surface area contributed by atoms with Gasteiger partial charge in [0, 0.05) is 22.6 Å². The first kappa shape index (κ1) is 24.4. The summed E-state index contributed by atoms with van der Waals surface area (Å²) in [5.41, 5.74) is 1.16. The number of ether oxygens (including phenoxy) is 2. The molecule has 1 atom stereocenters. The summed E-state index contributed by atoms with van der Waals surface area (Å²) in [5, 5.41) is 9.91. The van der Waals surface area contributed by atoms with Gasteiger partial charge in [-0.3, -0.25) is 4.79 Å². The molecule has 0 unspecified atom stereocenters. The lowest BCUT2D eigenvalue weighted by Gasteiger charge is -2.21. The van der Waals surface area contributed by atoms with Crippen LogP contribution >= 0.6 is 11.3 Å². The smallest absolute Gasteiger partial charge is 0.441 e. The van der Waals surface area contributed by atoms with Gasteiger partial charge >= 0.3 is 12.1 Å². The van der Waals surface area contributed by atoms with Gasteiger partial charge in [0.15, 0.2) is 23.1 Å². The molecule has 2 aromatic rings. The summed E-state index contributed by atoms with van der Waals surface area (Å²) in [6.45, 7) is 8.45. The number of amides is 1. The first-order valence-corrected chi connectivity index (χ1v) is 10.4. The fourth-order valence-corrected chi connectivity index (χ4v) is 3.79. The zero-order chi connectivity index (χ0) is 23.5. The third-order valence-electron chi connectivity index (χ3n) is 4.34. The zero-order valence-corrected chi connectivity index (χ0v) is 19.0. The number of rotatable bonds is 6.